The number of rotatable bonds is 6. The fraction of sp³-hybridized carbons (Fsp3) is 0.385. The second kappa shape index (κ2) is 6.74. The number of hydrogen-bond donors (Lipinski definition) is 2. The van der Waals surface area contributed by atoms with Crippen molar-refractivity contribution in [3.63, 3.8) is 0 Å². The van der Waals surface area contributed by atoms with E-state index in [0.29, 0.717) is 12.0 Å². The van der Waals surface area contributed by atoms with Crippen molar-refractivity contribution in [2.75, 3.05) is 0 Å². The summed E-state index contributed by atoms with van der Waals surface area (Å²) in [5, 5.41) is 11.2. The predicted molar refractivity (Wildman–Crippen MR) is 64.6 cm³/mol. The molecule has 1 aromatic rings. The van der Waals surface area contributed by atoms with Gasteiger partial charge in [-0.15, -0.1) is 0 Å². The van der Waals surface area contributed by atoms with Gasteiger partial charge in [0.25, 0.3) is 0 Å². The molecule has 0 aliphatic heterocycles. The Morgan fingerprint density at radius 3 is 2.61 bits per heavy atom. The zero-order valence-electron chi connectivity index (χ0n) is 10.1. The highest BCUT2D eigenvalue weighted by Crippen LogP contribution is 2.08. The normalized spacial score (nSPS) is 11.9. The molecule has 4 nitrogen and oxygen atoms in total. The molecular weight excluding hydrogens is 237 g/mol. The average molecular weight is 253 g/mol. The molecule has 2 N–H and O–H groups in total. The summed E-state index contributed by atoms with van der Waals surface area (Å²) in [6, 6.07) is 5.34. The number of nitrogens with one attached hydrogen (secondary N) is 1. The third kappa shape index (κ3) is 4.16. The molecule has 98 valence electrons. The second-order valence-electron chi connectivity index (χ2n) is 3.96. The van der Waals surface area contributed by atoms with Crippen molar-refractivity contribution in [3.8, 4) is 0 Å². The lowest BCUT2D eigenvalue weighted by atomic mass is 10.1. The summed E-state index contributed by atoms with van der Waals surface area (Å²) in [7, 11) is 0. The number of hydrogen-bond acceptors (Lipinski definition) is 2. The topological polar surface area (TPSA) is 66.4 Å². The van der Waals surface area contributed by atoms with Crippen molar-refractivity contribution in [1.82, 2.24) is 5.32 Å². The first-order valence-corrected chi connectivity index (χ1v) is 5.80. The van der Waals surface area contributed by atoms with Crippen LogP contribution in [0.15, 0.2) is 24.3 Å². The lowest BCUT2D eigenvalue weighted by molar-refractivity contribution is -0.141. The number of aryl methyl sites for hydroxylation is 1. The van der Waals surface area contributed by atoms with E-state index in [-0.39, 0.29) is 24.6 Å². The third-order valence-corrected chi connectivity index (χ3v) is 2.62. The Hall–Kier alpha value is -1.91. The maximum absolute atomic E-state index is 13.3. The predicted octanol–water partition coefficient (Wildman–Crippen LogP) is 1.74. The average Bonchev–Trinajstić information content (AvgIpc) is 2.34. The Bertz CT molecular complexity index is 434. The van der Waals surface area contributed by atoms with Crippen LogP contribution in [0.2, 0.25) is 0 Å². The van der Waals surface area contributed by atoms with Gasteiger partial charge in [0.15, 0.2) is 0 Å². The molecular formula is C13H16FNO3. The van der Waals surface area contributed by atoms with E-state index in [1.165, 1.54) is 6.07 Å². The fourth-order valence-electron chi connectivity index (χ4n) is 1.55. The van der Waals surface area contributed by atoms with Gasteiger partial charge in [-0.25, -0.2) is 9.18 Å². The van der Waals surface area contributed by atoms with E-state index in [0.717, 1.165) is 0 Å². The number of carboxylic acid groups (broad SMARTS) is 1. The van der Waals surface area contributed by atoms with E-state index in [9.17, 15) is 14.0 Å². The molecule has 5 heteroatoms. The molecule has 1 unspecified atom stereocenters. The van der Waals surface area contributed by atoms with E-state index in [1.54, 1.807) is 25.1 Å². The molecule has 1 amide bonds. The molecule has 1 atom stereocenters. The summed E-state index contributed by atoms with van der Waals surface area (Å²) in [5.41, 5.74) is 0.455. The molecule has 1 rings (SSSR count). The summed E-state index contributed by atoms with van der Waals surface area (Å²) >= 11 is 0. The number of benzene rings is 1. The Balaban J connectivity index is 2.47. The van der Waals surface area contributed by atoms with Crippen LogP contribution in [-0.4, -0.2) is 23.0 Å². The van der Waals surface area contributed by atoms with Crippen molar-refractivity contribution >= 4 is 11.9 Å². The third-order valence-electron chi connectivity index (χ3n) is 2.62. The van der Waals surface area contributed by atoms with E-state index < -0.39 is 12.0 Å². The summed E-state index contributed by atoms with van der Waals surface area (Å²) in [6.45, 7) is 1.68. The Labute approximate surface area is 105 Å². The largest absolute Gasteiger partial charge is 0.480 e. The van der Waals surface area contributed by atoms with Crippen molar-refractivity contribution in [2.45, 2.75) is 32.2 Å². The zero-order valence-corrected chi connectivity index (χ0v) is 10.1. The number of aliphatic carboxylic acids is 1. The van der Waals surface area contributed by atoms with Gasteiger partial charge in [0.2, 0.25) is 5.91 Å². The summed E-state index contributed by atoms with van der Waals surface area (Å²) in [4.78, 5) is 22.2. The van der Waals surface area contributed by atoms with Crippen LogP contribution in [0.25, 0.3) is 0 Å². The lowest BCUT2D eigenvalue weighted by Crippen LogP contribution is -2.40. The Morgan fingerprint density at radius 2 is 2.06 bits per heavy atom. The molecule has 0 fully saturated rings. The molecule has 0 heterocycles. The maximum Gasteiger partial charge on any atom is 0.326 e. The first kappa shape index (κ1) is 14.2. The van der Waals surface area contributed by atoms with Gasteiger partial charge in [-0.1, -0.05) is 25.1 Å². The standard InChI is InChI=1S/C13H16FNO3/c1-2-11(13(17)18)15-12(16)8-7-9-5-3-4-6-10(9)14/h3-6,11H,2,7-8H2,1H3,(H,15,16)(H,17,18). The smallest absolute Gasteiger partial charge is 0.326 e. The van der Waals surface area contributed by atoms with Gasteiger partial charge in [-0.2, -0.15) is 0 Å². The van der Waals surface area contributed by atoms with Crippen LogP contribution < -0.4 is 5.32 Å². The minimum atomic E-state index is -1.06. The van der Waals surface area contributed by atoms with Crippen molar-refractivity contribution in [3.05, 3.63) is 35.6 Å². The Morgan fingerprint density at radius 1 is 1.39 bits per heavy atom. The summed E-state index contributed by atoms with van der Waals surface area (Å²) < 4.78 is 13.3. The SMILES string of the molecule is CCC(NC(=O)CCc1ccccc1F)C(=O)O. The fourth-order valence-corrected chi connectivity index (χ4v) is 1.55. The number of amides is 1. The Kier molecular flexibility index (Phi) is 5.30. The van der Waals surface area contributed by atoms with Gasteiger partial charge in [0.05, 0.1) is 0 Å². The van der Waals surface area contributed by atoms with Crippen LogP contribution in [0, 0.1) is 5.82 Å². The molecule has 0 aromatic heterocycles. The minimum absolute atomic E-state index is 0.0741. The van der Waals surface area contributed by atoms with Gasteiger partial charge >= 0.3 is 5.97 Å². The highest BCUT2D eigenvalue weighted by Gasteiger charge is 2.17. The molecule has 18 heavy (non-hydrogen) atoms. The highest BCUT2D eigenvalue weighted by atomic mass is 19.1. The minimum Gasteiger partial charge on any atom is -0.480 e. The van der Waals surface area contributed by atoms with Gasteiger partial charge in [0, 0.05) is 6.42 Å². The molecule has 0 bridgehead atoms. The van der Waals surface area contributed by atoms with Gasteiger partial charge in [-0.05, 0) is 24.5 Å². The quantitative estimate of drug-likeness (QED) is 0.811. The van der Waals surface area contributed by atoms with Crippen molar-refractivity contribution in [1.29, 1.82) is 0 Å². The molecule has 0 spiro atoms. The van der Waals surface area contributed by atoms with Crippen LogP contribution in [0.4, 0.5) is 4.39 Å². The summed E-state index contributed by atoms with van der Waals surface area (Å²) in [6.07, 6.45) is 0.653. The van der Waals surface area contributed by atoms with Crippen LogP contribution >= 0.6 is 0 Å². The molecule has 0 saturated carbocycles. The van der Waals surface area contributed by atoms with E-state index in [4.69, 9.17) is 5.11 Å². The van der Waals surface area contributed by atoms with E-state index >= 15 is 0 Å². The number of carbonyl (C=O) groups excluding carboxylic acids is 1. The van der Waals surface area contributed by atoms with Crippen molar-refractivity contribution in [2.24, 2.45) is 0 Å². The van der Waals surface area contributed by atoms with Crippen LogP contribution in [0.5, 0.6) is 0 Å². The molecule has 0 radical (unpaired) electrons. The number of carboxylic acids is 1. The van der Waals surface area contributed by atoms with Crippen molar-refractivity contribution < 1.29 is 19.1 Å². The van der Waals surface area contributed by atoms with Gasteiger partial charge in [-0.3, -0.25) is 4.79 Å². The van der Waals surface area contributed by atoms with Gasteiger partial charge in [0.1, 0.15) is 11.9 Å². The molecule has 1 aromatic carbocycles. The summed E-state index contributed by atoms with van der Waals surface area (Å²) in [5.74, 6) is -1.79. The number of carbonyl (C=O) groups is 2. The first-order valence-electron chi connectivity index (χ1n) is 5.80. The van der Waals surface area contributed by atoms with E-state index in [2.05, 4.69) is 5.32 Å². The highest BCUT2D eigenvalue weighted by molar-refractivity contribution is 5.83. The molecule has 0 aliphatic rings. The number of halogens is 1. The van der Waals surface area contributed by atoms with Crippen LogP contribution in [0.1, 0.15) is 25.3 Å². The van der Waals surface area contributed by atoms with Crippen LogP contribution in [-0.2, 0) is 16.0 Å². The first-order chi connectivity index (χ1) is 8.54. The zero-order chi connectivity index (χ0) is 13.5. The molecule has 0 saturated heterocycles. The molecule has 0 aliphatic carbocycles. The second-order valence-corrected chi connectivity index (χ2v) is 3.96. The monoisotopic (exact) mass is 253 g/mol. The van der Waals surface area contributed by atoms with E-state index in [1.807, 2.05) is 0 Å². The van der Waals surface area contributed by atoms with Crippen LogP contribution in [0.3, 0.4) is 0 Å². The maximum atomic E-state index is 13.3. The van der Waals surface area contributed by atoms with Gasteiger partial charge < -0.3 is 10.4 Å². The lowest BCUT2D eigenvalue weighted by Gasteiger charge is -2.12.